The topological polar surface area (TPSA) is 13.0 Å². The summed E-state index contributed by atoms with van der Waals surface area (Å²) in [7, 11) is -3.76. The van der Waals surface area contributed by atoms with E-state index in [2.05, 4.69) is 240 Å². The van der Waals surface area contributed by atoms with E-state index in [0.717, 1.165) is 0 Å². The minimum absolute atomic E-state index is 1.18. The molecule has 12 rings (SSSR count). The average Bonchev–Trinajstić information content (AvgIpc) is 3.76. The third-order valence-electron chi connectivity index (χ3n) is 13.4. The van der Waals surface area contributed by atoms with Crippen molar-refractivity contribution in [2.24, 2.45) is 0 Å². The molecule has 10 aromatic rings. The minimum atomic E-state index is -3.76. The highest BCUT2D eigenvalue weighted by Crippen LogP contribution is 2.64. The Hall–Kier alpha value is -7.34. The van der Waals surface area contributed by atoms with Gasteiger partial charge in [-0.1, -0.05) is 146 Å². The van der Waals surface area contributed by atoms with Gasteiger partial charge >= 0.3 is 8.72 Å². The normalized spacial score (nSPS) is 14.2. The van der Waals surface area contributed by atoms with Crippen LogP contribution >= 0.6 is 0 Å². The lowest BCUT2D eigenvalue weighted by Gasteiger charge is -2.50. The van der Waals surface area contributed by atoms with Gasteiger partial charge in [-0.2, -0.15) is 0 Å². The highest BCUT2D eigenvalue weighted by Gasteiger charge is 2.70. The predicted molar refractivity (Wildman–Crippen MR) is 262 cm³/mol. The number of hydrogen-bond donors (Lipinski definition) is 0. The first-order chi connectivity index (χ1) is 30.0. The zero-order valence-corrected chi connectivity index (χ0v) is 35.8. The SMILES string of the molecule is Cc1ccc(N2c3ccccc3N(c3ccc(C)c4ccccc34)[Si]23N(c2ccc(C)c4ccccc24)c2ccccc2N3c2ccc(C)c3ccccc23)c2ccccc12. The second-order valence-electron chi connectivity index (χ2n) is 16.7. The Balaban J connectivity index is 1.34. The van der Waals surface area contributed by atoms with Crippen molar-refractivity contribution in [2.75, 3.05) is 18.3 Å². The molecule has 10 aromatic carbocycles. The smallest absolute Gasteiger partial charge is 0.313 e. The first-order valence-electron chi connectivity index (χ1n) is 21.3. The van der Waals surface area contributed by atoms with Crippen LogP contribution in [0.1, 0.15) is 22.3 Å². The summed E-state index contributed by atoms with van der Waals surface area (Å²) in [5.74, 6) is 0. The van der Waals surface area contributed by atoms with Gasteiger partial charge in [-0.3, -0.25) is 0 Å². The van der Waals surface area contributed by atoms with E-state index in [1.165, 1.54) is 111 Å². The van der Waals surface area contributed by atoms with Crippen molar-refractivity contribution in [1.29, 1.82) is 0 Å². The summed E-state index contributed by atoms with van der Waals surface area (Å²) in [6, 6.07) is 73.1. The first kappa shape index (κ1) is 35.6. The molecule has 0 aliphatic carbocycles. The van der Waals surface area contributed by atoms with Gasteiger partial charge in [0.25, 0.3) is 0 Å². The number of fused-ring (bicyclic) bond motifs is 6. The van der Waals surface area contributed by atoms with E-state index < -0.39 is 8.72 Å². The fourth-order valence-corrected chi connectivity index (χ4v) is 15.9. The van der Waals surface area contributed by atoms with Crippen LogP contribution in [0.25, 0.3) is 43.1 Å². The van der Waals surface area contributed by atoms with Crippen LogP contribution in [0.4, 0.5) is 45.5 Å². The fraction of sp³-hybridized carbons (Fsp3) is 0.0714. The number of para-hydroxylation sites is 4. The Morgan fingerprint density at radius 2 is 0.410 bits per heavy atom. The number of aryl methyl sites for hydroxylation is 4. The van der Waals surface area contributed by atoms with Crippen molar-refractivity contribution in [1.82, 2.24) is 0 Å². The third-order valence-corrected chi connectivity index (χ3v) is 17.7. The molecule has 2 aliphatic rings. The summed E-state index contributed by atoms with van der Waals surface area (Å²) in [5.41, 5.74) is 14.6. The van der Waals surface area contributed by atoms with Gasteiger partial charge < -0.3 is 18.3 Å². The fourth-order valence-electron chi connectivity index (χ4n) is 10.6. The molecule has 0 saturated carbocycles. The standard InChI is InChI=1S/C56H44N4Si/c1-37-29-33-49(45-21-9-5-17-41(37)45)57-53-25-13-14-26-54(53)58(50-34-30-38(2)42-18-6-10-22-46(42)50)61(57)59(51-35-31-39(3)43-19-7-11-23-47(43)51)55-27-15-16-28-56(55)60(61)52-36-32-40(4)44-20-8-12-24-48(44)52/h5-36H,1-4H3. The van der Waals surface area contributed by atoms with Crippen LogP contribution in [0.2, 0.25) is 0 Å². The van der Waals surface area contributed by atoms with Gasteiger partial charge in [0.2, 0.25) is 0 Å². The van der Waals surface area contributed by atoms with Crippen LogP contribution in [-0.4, -0.2) is 8.72 Å². The molecule has 5 heteroatoms. The van der Waals surface area contributed by atoms with E-state index in [4.69, 9.17) is 0 Å². The van der Waals surface area contributed by atoms with E-state index in [0.29, 0.717) is 0 Å². The van der Waals surface area contributed by atoms with Gasteiger partial charge in [0.15, 0.2) is 0 Å². The van der Waals surface area contributed by atoms with Gasteiger partial charge in [0.1, 0.15) is 0 Å². The number of nitrogens with zero attached hydrogens (tertiary/aromatic N) is 4. The third kappa shape index (κ3) is 4.87. The molecule has 2 aliphatic heterocycles. The molecule has 0 radical (unpaired) electrons. The lowest BCUT2D eigenvalue weighted by Crippen LogP contribution is -2.76. The maximum Gasteiger partial charge on any atom is 0.522 e. The van der Waals surface area contributed by atoms with Crippen molar-refractivity contribution >= 4 is 97.3 Å². The Kier molecular flexibility index (Phi) is 7.78. The molecule has 0 saturated heterocycles. The molecule has 0 fully saturated rings. The Labute approximate surface area is 358 Å². The van der Waals surface area contributed by atoms with Crippen molar-refractivity contribution in [3.05, 3.63) is 216 Å². The summed E-state index contributed by atoms with van der Waals surface area (Å²) in [4.78, 5) is 0. The van der Waals surface area contributed by atoms with Gasteiger partial charge in [0, 0.05) is 44.3 Å². The molecule has 0 unspecified atom stereocenters. The van der Waals surface area contributed by atoms with Crippen LogP contribution in [0, 0.1) is 27.7 Å². The van der Waals surface area contributed by atoms with Crippen molar-refractivity contribution < 1.29 is 0 Å². The summed E-state index contributed by atoms with van der Waals surface area (Å²) in [6.45, 7) is 8.96. The van der Waals surface area contributed by atoms with E-state index in [1.807, 2.05) is 0 Å². The summed E-state index contributed by atoms with van der Waals surface area (Å²) in [6.07, 6.45) is 0. The van der Waals surface area contributed by atoms with Crippen LogP contribution in [0.3, 0.4) is 0 Å². The Morgan fingerprint density at radius 3 is 0.639 bits per heavy atom. The largest absolute Gasteiger partial charge is 0.522 e. The average molecular weight is 801 g/mol. The molecule has 0 aromatic heterocycles. The quantitative estimate of drug-likeness (QED) is 0.164. The van der Waals surface area contributed by atoms with E-state index in [1.54, 1.807) is 0 Å². The lowest BCUT2D eigenvalue weighted by atomic mass is 10.0. The number of benzene rings is 10. The van der Waals surface area contributed by atoms with Gasteiger partial charge in [-0.15, -0.1) is 0 Å². The molecule has 61 heavy (non-hydrogen) atoms. The zero-order valence-electron chi connectivity index (χ0n) is 34.8. The Morgan fingerprint density at radius 1 is 0.213 bits per heavy atom. The van der Waals surface area contributed by atoms with Gasteiger partial charge in [-0.25, -0.2) is 0 Å². The molecule has 4 nitrogen and oxygen atoms in total. The van der Waals surface area contributed by atoms with E-state index in [9.17, 15) is 0 Å². The molecule has 2 heterocycles. The molecule has 0 atom stereocenters. The zero-order chi connectivity index (χ0) is 41.0. The second kappa shape index (κ2) is 13.3. The van der Waals surface area contributed by atoms with Crippen LogP contribution in [0.5, 0.6) is 0 Å². The van der Waals surface area contributed by atoms with Crippen LogP contribution in [0.15, 0.2) is 194 Å². The minimum Gasteiger partial charge on any atom is -0.313 e. The van der Waals surface area contributed by atoms with Crippen LogP contribution < -0.4 is 18.3 Å². The number of rotatable bonds is 4. The highest BCUT2D eigenvalue weighted by atomic mass is 28.4. The van der Waals surface area contributed by atoms with Crippen molar-refractivity contribution in [3.8, 4) is 0 Å². The molecule has 0 bridgehead atoms. The van der Waals surface area contributed by atoms with Crippen molar-refractivity contribution in [3.63, 3.8) is 0 Å². The van der Waals surface area contributed by atoms with Gasteiger partial charge in [-0.05, 0) is 120 Å². The monoisotopic (exact) mass is 800 g/mol. The molecule has 0 N–H and O–H groups in total. The number of anilines is 8. The Bertz CT molecular complexity index is 2970. The molecular formula is C56H44N4Si. The molecule has 0 amide bonds. The highest BCUT2D eigenvalue weighted by molar-refractivity contribution is 7.00. The first-order valence-corrected chi connectivity index (χ1v) is 23.1. The second-order valence-corrected chi connectivity index (χ2v) is 19.7. The predicted octanol–water partition coefficient (Wildman–Crippen LogP) is 15.2. The molecule has 292 valence electrons. The molecular weight excluding hydrogens is 757 g/mol. The molecule has 1 spiro atoms. The van der Waals surface area contributed by atoms with E-state index >= 15 is 0 Å². The number of hydrogen-bond acceptors (Lipinski definition) is 4. The lowest BCUT2D eigenvalue weighted by molar-refractivity contribution is 1.19. The summed E-state index contributed by atoms with van der Waals surface area (Å²) in [5, 5.41) is 9.98. The van der Waals surface area contributed by atoms with Crippen molar-refractivity contribution in [2.45, 2.75) is 27.7 Å². The maximum atomic E-state index is 2.79. The maximum absolute atomic E-state index is 3.76. The summed E-state index contributed by atoms with van der Waals surface area (Å²) < 4.78 is 11.2. The summed E-state index contributed by atoms with van der Waals surface area (Å²) >= 11 is 0. The van der Waals surface area contributed by atoms with Gasteiger partial charge in [0.05, 0.1) is 22.7 Å². The van der Waals surface area contributed by atoms with Crippen LogP contribution in [-0.2, 0) is 0 Å². The van der Waals surface area contributed by atoms with E-state index in [-0.39, 0.29) is 0 Å².